The molecule has 3 rings (SSSR count). The van der Waals surface area contributed by atoms with Crippen molar-refractivity contribution in [1.82, 2.24) is 10.2 Å². The van der Waals surface area contributed by atoms with Gasteiger partial charge in [0.1, 0.15) is 0 Å². The average molecular weight is 445 g/mol. The molecule has 0 radical (unpaired) electrons. The molecule has 0 saturated carbocycles. The van der Waals surface area contributed by atoms with E-state index in [-0.39, 0.29) is 5.91 Å². The number of anilines is 2. The number of nitrogens with one attached hydrogen (secondary N) is 2. The van der Waals surface area contributed by atoms with E-state index >= 15 is 0 Å². The summed E-state index contributed by atoms with van der Waals surface area (Å²) < 4.78 is 1.39. The molecule has 0 spiro atoms. The zero-order valence-electron chi connectivity index (χ0n) is 11.0. The summed E-state index contributed by atoms with van der Waals surface area (Å²) in [5.41, 5.74) is 7.95. The number of amides is 1. The van der Waals surface area contributed by atoms with Gasteiger partial charge in [-0.05, 0) is 40.2 Å². The third-order valence-electron chi connectivity index (χ3n) is 3.15. The standard InChI is InChI=1S/C14H9Br2ClN4O/c15-6-3-7(13(18)9(16)4-6)14(22)20-11-2-1-10-8(12(11)17)5-19-21-10/h1-5H,18H2,(H,19,21)(H,20,22). The van der Waals surface area contributed by atoms with E-state index in [1.54, 1.807) is 30.5 Å². The maximum absolute atomic E-state index is 12.5. The van der Waals surface area contributed by atoms with Crippen LogP contribution in [0.15, 0.2) is 39.4 Å². The van der Waals surface area contributed by atoms with Crippen LogP contribution < -0.4 is 11.1 Å². The predicted molar refractivity (Wildman–Crippen MR) is 95.3 cm³/mol. The number of carbonyl (C=O) groups is 1. The number of carbonyl (C=O) groups excluding carboxylic acids is 1. The third kappa shape index (κ3) is 2.71. The van der Waals surface area contributed by atoms with Crippen molar-refractivity contribution in [2.75, 3.05) is 11.1 Å². The Kier molecular flexibility index (Phi) is 4.12. The molecule has 0 saturated heterocycles. The Bertz CT molecular complexity index is 894. The Morgan fingerprint density at radius 1 is 1.32 bits per heavy atom. The van der Waals surface area contributed by atoms with Crippen LogP contribution in [0, 0.1) is 0 Å². The molecule has 0 fully saturated rings. The Hall–Kier alpha value is -1.57. The minimum atomic E-state index is -0.343. The fourth-order valence-corrected chi connectivity index (χ4v) is 3.53. The van der Waals surface area contributed by atoms with Gasteiger partial charge in [0.25, 0.3) is 5.91 Å². The van der Waals surface area contributed by atoms with Gasteiger partial charge in [-0.3, -0.25) is 9.89 Å². The Morgan fingerprint density at radius 3 is 2.86 bits per heavy atom. The summed E-state index contributed by atoms with van der Waals surface area (Å²) >= 11 is 12.9. The van der Waals surface area contributed by atoms with Crippen molar-refractivity contribution in [2.24, 2.45) is 0 Å². The number of benzene rings is 2. The summed E-state index contributed by atoms with van der Waals surface area (Å²) in [4.78, 5) is 12.5. The first-order valence-corrected chi connectivity index (χ1v) is 8.11. The molecule has 0 atom stereocenters. The van der Waals surface area contributed by atoms with E-state index in [1.165, 1.54) is 0 Å². The Labute approximate surface area is 147 Å². The van der Waals surface area contributed by atoms with Crippen molar-refractivity contribution in [3.8, 4) is 0 Å². The normalized spacial score (nSPS) is 10.9. The van der Waals surface area contributed by atoms with Crippen molar-refractivity contribution in [3.05, 3.63) is 50.0 Å². The molecular formula is C14H9Br2ClN4O. The molecule has 3 aromatic rings. The molecule has 5 nitrogen and oxygen atoms in total. The van der Waals surface area contributed by atoms with Crippen LogP contribution in [0.4, 0.5) is 11.4 Å². The van der Waals surface area contributed by atoms with Gasteiger partial charge in [0.15, 0.2) is 0 Å². The SMILES string of the molecule is Nc1c(Br)cc(Br)cc1C(=O)Nc1ccc2[nH]ncc2c1Cl. The highest BCUT2D eigenvalue weighted by Crippen LogP contribution is 2.32. The zero-order valence-corrected chi connectivity index (χ0v) is 14.9. The first kappa shape index (κ1) is 15.3. The molecule has 112 valence electrons. The number of nitrogen functional groups attached to an aromatic ring is 1. The van der Waals surface area contributed by atoms with Crippen LogP contribution in [-0.4, -0.2) is 16.1 Å². The summed E-state index contributed by atoms with van der Waals surface area (Å²) in [5, 5.41) is 10.7. The highest BCUT2D eigenvalue weighted by Gasteiger charge is 2.16. The maximum atomic E-state index is 12.5. The maximum Gasteiger partial charge on any atom is 0.257 e. The van der Waals surface area contributed by atoms with Gasteiger partial charge in [-0.25, -0.2) is 0 Å². The minimum Gasteiger partial charge on any atom is -0.397 e. The van der Waals surface area contributed by atoms with Crippen LogP contribution >= 0.6 is 43.5 Å². The Morgan fingerprint density at radius 2 is 2.09 bits per heavy atom. The number of aromatic nitrogens is 2. The van der Waals surface area contributed by atoms with Gasteiger partial charge >= 0.3 is 0 Å². The molecule has 2 aromatic carbocycles. The number of hydrogen-bond donors (Lipinski definition) is 3. The molecule has 0 bridgehead atoms. The lowest BCUT2D eigenvalue weighted by atomic mass is 10.1. The number of nitrogens with zero attached hydrogens (tertiary/aromatic N) is 1. The van der Waals surface area contributed by atoms with Gasteiger partial charge in [-0.1, -0.05) is 27.5 Å². The zero-order chi connectivity index (χ0) is 15.9. The molecule has 1 amide bonds. The lowest BCUT2D eigenvalue weighted by Crippen LogP contribution is -2.14. The number of fused-ring (bicyclic) bond motifs is 1. The van der Waals surface area contributed by atoms with Crippen molar-refractivity contribution in [3.63, 3.8) is 0 Å². The van der Waals surface area contributed by atoms with E-state index in [9.17, 15) is 4.79 Å². The van der Waals surface area contributed by atoms with E-state index in [4.69, 9.17) is 17.3 Å². The van der Waals surface area contributed by atoms with E-state index in [1.807, 2.05) is 0 Å². The van der Waals surface area contributed by atoms with Crippen LogP contribution in [0.3, 0.4) is 0 Å². The number of hydrogen-bond acceptors (Lipinski definition) is 3. The lowest BCUT2D eigenvalue weighted by Gasteiger charge is -2.11. The molecule has 0 unspecified atom stereocenters. The largest absolute Gasteiger partial charge is 0.397 e. The number of halogens is 3. The summed E-state index contributed by atoms with van der Waals surface area (Å²) in [6.45, 7) is 0. The van der Waals surface area contributed by atoms with Crippen LogP contribution in [0.25, 0.3) is 10.9 Å². The van der Waals surface area contributed by atoms with E-state index in [2.05, 4.69) is 47.4 Å². The van der Waals surface area contributed by atoms with Gasteiger partial charge < -0.3 is 11.1 Å². The number of rotatable bonds is 2. The average Bonchev–Trinajstić information content (AvgIpc) is 2.95. The molecule has 1 aromatic heterocycles. The highest BCUT2D eigenvalue weighted by molar-refractivity contribution is 9.11. The van der Waals surface area contributed by atoms with Crippen molar-refractivity contribution < 1.29 is 4.79 Å². The monoisotopic (exact) mass is 442 g/mol. The molecule has 0 aliphatic heterocycles. The summed E-state index contributed by atoms with van der Waals surface area (Å²) in [6.07, 6.45) is 1.61. The second-order valence-corrected chi connectivity index (χ2v) is 6.71. The second-order valence-electron chi connectivity index (χ2n) is 4.56. The summed E-state index contributed by atoms with van der Waals surface area (Å²) in [6, 6.07) is 6.93. The summed E-state index contributed by atoms with van der Waals surface area (Å²) in [5.74, 6) is -0.343. The quantitative estimate of drug-likeness (QED) is 0.506. The molecule has 1 heterocycles. The number of H-pyrrole nitrogens is 1. The van der Waals surface area contributed by atoms with Gasteiger partial charge in [-0.2, -0.15) is 5.10 Å². The third-order valence-corrected chi connectivity index (χ3v) is 4.67. The van der Waals surface area contributed by atoms with Crippen LogP contribution in [0.5, 0.6) is 0 Å². The van der Waals surface area contributed by atoms with Crippen LogP contribution in [0.2, 0.25) is 5.02 Å². The smallest absolute Gasteiger partial charge is 0.257 e. The summed E-state index contributed by atoms with van der Waals surface area (Å²) in [7, 11) is 0. The van der Waals surface area contributed by atoms with Crippen LogP contribution in [0.1, 0.15) is 10.4 Å². The first-order valence-electron chi connectivity index (χ1n) is 6.15. The van der Waals surface area contributed by atoms with Gasteiger partial charge in [0.2, 0.25) is 0 Å². The molecule has 0 aliphatic rings. The molecule has 4 N–H and O–H groups in total. The van der Waals surface area contributed by atoms with E-state index in [0.717, 1.165) is 15.4 Å². The predicted octanol–water partition coefficient (Wildman–Crippen LogP) is 4.58. The molecule has 22 heavy (non-hydrogen) atoms. The molecular weight excluding hydrogens is 435 g/mol. The Balaban J connectivity index is 1.98. The fourth-order valence-electron chi connectivity index (χ4n) is 2.04. The highest BCUT2D eigenvalue weighted by atomic mass is 79.9. The van der Waals surface area contributed by atoms with Crippen molar-refractivity contribution in [2.45, 2.75) is 0 Å². The first-order chi connectivity index (χ1) is 10.5. The van der Waals surface area contributed by atoms with Gasteiger partial charge in [-0.15, -0.1) is 0 Å². The van der Waals surface area contributed by atoms with Crippen LogP contribution in [-0.2, 0) is 0 Å². The van der Waals surface area contributed by atoms with E-state index < -0.39 is 0 Å². The number of aromatic amines is 1. The van der Waals surface area contributed by atoms with Crippen molar-refractivity contribution >= 4 is 71.6 Å². The molecule has 8 heteroatoms. The lowest BCUT2D eigenvalue weighted by molar-refractivity contribution is 0.102. The topological polar surface area (TPSA) is 83.8 Å². The molecule has 0 aliphatic carbocycles. The fraction of sp³-hybridized carbons (Fsp3) is 0. The van der Waals surface area contributed by atoms with E-state index in [0.29, 0.717) is 26.4 Å². The van der Waals surface area contributed by atoms with Crippen molar-refractivity contribution in [1.29, 1.82) is 0 Å². The number of nitrogens with two attached hydrogens (primary N) is 1. The second kappa shape index (κ2) is 5.91. The van der Waals surface area contributed by atoms with Gasteiger partial charge in [0.05, 0.1) is 33.7 Å². The van der Waals surface area contributed by atoms with Gasteiger partial charge in [0, 0.05) is 14.3 Å². The minimum absolute atomic E-state index is 0.343.